The maximum Gasteiger partial charge on any atom is 0.303 e. The van der Waals surface area contributed by atoms with E-state index in [4.69, 9.17) is 5.11 Å². The summed E-state index contributed by atoms with van der Waals surface area (Å²) in [5.74, 6) is -1.18. The first-order chi connectivity index (χ1) is 8.49. The van der Waals surface area contributed by atoms with Crippen LogP contribution in [0.15, 0.2) is 18.3 Å². The van der Waals surface area contributed by atoms with Crippen LogP contribution in [0.5, 0.6) is 0 Å². The van der Waals surface area contributed by atoms with Crippen molar-refractivity contribution in [1.82, 2.24) is 10.3 Å². The summed E-state index contributed by atoms with van der Waals surface area (Å²) in [6, 6.07) is 3.77. The third-order valence-corrected chi connectivity index (χ3v) is 2.63. The number of nitrogens with zero attached hydrogens (tertiary/aromatic N) is 1. The van der Waals surface area contributed by atoms with Crippen LogP contribution in [0.25, 0.3) is 0 Å². The summed E-state index contributed by atoms with van der Waals surface area (Å²) in [6.45, 7) is 4.06. The number of aryl methyl sites for hydroxylation is 1. The van der Waals surface area contributed by atoms with Crippen LogP contribution in [0, 0.1) is 12.8 Å². The number of rotatable bonds is 6. The number of amides is 1. The number of hydrogen-bond donors (Lipinski definition) is 2. The van der Waals surface area contributed by atoms with Gasteiger partial charge in [-0.2, -0.15) is 0 Å². The van der Waals surface area contributed by atoms with Gasteiger partial charge in [0, 0.05) is 19.0 Å². The van der Waals surface area contributed by atoms with Crippen molar-refractivity contribution in [3.05, 3.63) is 29.6 Å². The van der Waals surface area contributed by atoms with E-state index in [2.05, 4.69) is 10.3 Å². The molecule has 1 atom stereocenters. The zero-order chi connectivity index (χ0) is 13.5. The van der Waals surface area contributed by atoms with E-state index in [1.54, 1.807) is 13.1 Å². The number of carbonyl (C=O) groups excluding carboxylic acids is 1. The van der Waals surface area contributed by atoms with E-state index in [9.17, 15) is 9.59 Å². The molecule has 0 aliphatic carbocycles. The minimum atomic E-state index is -0.879. The monoisotopic (exact) mass is 250 g/mol. The van der Waals surface area contributed by atoms with Crippen LogP contribution in [0.3, 0.4) is 0 Å². The largest absolute Gasteiger partial charge is 0.481 e. The average Bonchev–Trinajstić information content (AvgIpc) is 2.26. The third-order valence-electron chi connectivity index (χ3n) is 2.63. The van der Waals surface area contributed by atoms with Gasteiger partial charge < -0.3 is 10.4 Å². The quantitative estimate of drug-likeness (QED) is 0.802. The van der Waals surface area contributed by atoms with Crippen LogP contribution in [0.4, 0.5) is 0 Å². The summed E-state index contributed by atoms with van der Waals surface area (Å²) in [7, 11) is 0. The molecule has 0 aliphatic rings. The predicted molar refractivity (Wildman–Crippen MR) is 66.9 cm³/mol. The molecule has 0 bridgehead atoms. The average molecular weight is 250 g/mol. The highest BCUT2D eigenvalue weighted by Gasteiger charge is 2.12. The Hall–Kier alpha value is -1.91. The molecule has 1 heterocycles. The Kier molecular flexibility index (Phi) is 5.30. The molecule has 0 saturated carbocycles. The van der Waals surface area contributed by atoms with E-state index in [-0.39, 0.29) is 24.7 Å². The van der Waals surface area contributed by atoms with Crippen molar-refractivity contribution in [1.29, 1.82) is 0 Å². The Bertz CT molecular complexity index is 432. The lowest BCUT2D eigenvalue weighted by Crippen LogP contribution is -2.25. The standard InChI is InChI=1S/C13H18N2O3/c1-9(7-13(17)18)6-12(16)15-8-11-10(2)4-3-5-14-11/h3-5,9H,6-8H2,1-2H3,(H,15,16)(H,17,18). The fourth-order valence-electron chi connectivity index (χ4n) is 1.64. The minimum absolute atomic E-state index is 0.00996. The van der Waals surface area contributed by atoms with Crippen LogP contribution >= 0.6 is 0 Å². The molecule has 98 valence electrons. The van der Waals surface area contributed by atoms with E-state index in [1.165, 1.54) is 0 Å². The van der Waals surface area contributed by atoms with Crippen molar-refractivity contribution in [2.75, 3.05) is 0 Å². The number of nitrogens with one attached hydrogen (secondary N) is 1. The highest BCUT2D eigenvalue weighted by molar-refractivity contribution is 5.77. The third kappa shape index (κ3) is 4.95. The van der Waals surface area contributed by atoms with E-state index in [0.717, 1.165) is 11.3 Å². The number of carboxylic acid groups (broad SMARTS) is 1. The molecule has 0 radical (unpaired) electrons. The van der Waals surface area contributed by atoms with E-state index in [1.807, 2.05) is 19.1 Å². The van der Waals surface area contributed by atoms with Gasteiger partial charge in [0.2, 0.25) is 5.91 Å². The lowest BCUT2D eigenvalue weighted by atomic mass is 10.0. The summed E-state index contributed by atoms with van der Waals surface area (Å²) < 4.78 is 0. The molecule has 18 heavy (non-hydrogen) atoms. The normalized spacial score (nSPS) is 11.9. The highest BCUT2D eigenvalue weighted by Crippen LogP contribution is 2.08. The fourth-order valence-corrected chi connectivity index (χ4v) is 1.64. The van der Waals surface area contributed by atoms with Gasteiger partial charge in [-0.05, 0) is 24.5 Å². The molecule has 5 nitrogen and oxygen atoms in total. The van der Waals surface area contributed by atoms with E-state index in [0.29, 0.717) is 6.54 Å². The van der Waals surface area contributed by atoms with Gasteiger partial charge >= 0.3 is 5.97 Å². The van der Waals surface area contributed by atoms with Crippen LogP contribution in [-0.4, -0.2) is 22.0 Å². The molecule has 0 spiro atoms. The second-order valence-corrected chi connectivity index (χ2v) is 4.45. The molecule has 2 N–H and O–H groups in total. The van der Waals surface area contributed by atoms with Gasteiger partial charge in [-0.25, -0.2) is 0 Å². The summed E-state index contributed by atoms with van der Waals surface area (Å²) >= 11 is 0. The van der Waals surface area contributed by atoms with Gasteiger partial charge in [-0.1, -0.05) is 13.0 Å². The van der Waals surface area contributed by atoms with Gasteiger partial charge in [0.1, 0.15) is 0 Å². The molecule has 1 unspecified atom stereocenters. The van der Waals surface area contributed by atoms with Crippen molar-refractivity contribution in [2.24, 2.45) is 5.92 Å². The van der Waals surface area contributed by atoms with Crippen LogP contribution < -0.4 is 5.32 Å². The number of pyridine rings is 1. The van der Waals surface area contributed by atoms with Gasteiger partial charge in [0.25, 0.3) is 0 Å². The first kappa shape index (κ1) is 14.2. The molecule has 1 amide bonds. The Morgan fingerprint density at radius 1 is 1.44 bits per heavy atom. The molecule has 0 aromatic carbocycles. The zero-order valence-corrected chi connectivity index (χ0v) is 10.6. The van der Waals surface area contributed by atoms with Gasteiger partial charge in [0.05, 0.1) is 12.2 Å². The molecule has 0 aliphatic heterocycles. The Morgan fingerprint density at radius 3 is 2.78 bits per heavy atom. The van der Waals surface area contributed by atoms with Crippen LogP contribution in [-0.2, 0) is 16.1 Å². The fraction of sp³-hybridized carbons (Fsp3) is 0.462. The SMILES string of the molecule is Cc1cccnc1CNC(=O)CC(C)CC(=O)O. The van der Waals surface area contributed by atoms with E-state index >= 15 is 0 Å². The van der Waals surface area contributed by atoms with Crippen LogP contribution in [0.2, 0.25) is 0 Å². The predicted octanol–water partition coefficient (Wildman–Crippen LogP) is 1.51. The molecule has 1 rings (SSSR count). The summed E-state index contributed by atoms with van der Waals surface area (Å²) in [5, 5.41) is 11.3. The van der Waals surface area contributed by atoms with Crippen molar-refractivity contribution in [3.63, 3.8) is 0 Å². The smallest absolute Gasteiger partial charge is 0.303 e. The maximum atomic E-state index is 11.6. The molecule has 5 heteroatoms. The van der Waals surface area contributed by atoms with Gasteiger partial charge in [0.15, 0.2) is 0 Å². The molecule has 0 fully saturated rings. The van der Waals surface area contributed by atoms with Crippen LogP contribution in [0.1, 0.15) is 31.0 Å². The number of aromatic nitrogens is 1. The van der Waals surface area contributed by atoms with Crippen molar-refractivity contribution in [3.8, 4) is 0 Å². The van der Waals surface area contributed by atoms with Gasteiger partial charge in [-0.15, -0.1) is 0 Å². The first-order valence-corrected chi connectivity index (χ1v) is 5.88. The Labute approximate surface area is 106 Å². The summed E-state index contributed by atoms with van der Waals surface area (Å²) in [6.07, 6.45) is 1.91. The molecule has 1 aromatic rings. The number of aliphatic carboxylic acids is 1. The molecular weight excluding hydrogens is 232 g/mol. The lowest BCUT2D eigenvalue weighted by molar-refractivity contribution is -0.138. The lowest BCUT2D eigenvalue weighted by Gasteiger charge is -2.10. The first-order valence-electron chi connectivity index (χ1n) is 5.88. The second kappa shape index (κ2) is 6.74. The van der Waals surface area contributed by atoms with E-state index < -0.39 is 5.97 Å². The summed E-state index contributed by atoms with van der Waals surface area (Å²) in [4.78, 5) is 26.2. The maximum absolute atomic E-state index is 11.6. The topological polar surface area (TPSA) is 79.3 Å². The highest BCUT2D eigenvalue weighted by atomic mass is 16.4. The van der Waals surface area contributed by atoms with Gasteiger partial charge in [-0.3, -0.25) is 14.6 Å². The molecule has 0 saturated heterocycles. The Balaban J connectivity index is 2.38. The van der Waals surface area contributed by atoms with Crippen molar-refractivity contribution < 1.29 is 14.7 Å². The zero-order valence-electron chi connectivity index (χ0n) is 10.6. The second-order valence-electron chi connectivity index (χ2n) is 4.45. The van der Waals surface area contributed by atoms with Crippen molar-refractivity contribution >= 4 is 11.9 Å². The van der Waals surface area contributed by atoms with Crippen molar-refractivity contribution in [2.45, 2.75) is 33.2 Å². The number of hydrogen-bond acceptors (Lipinski definition) is 3. The Morgan fingerprint density at radius 2 is 2.17 bits per heavy atom. The molecular formula is C13H18N2O3. The number of carbonyl (C=O) groups is 2. The number of carboxylic acids is 1. The minimum Gasteiger partial charge on any atom is -0.481 e. The molecule has 1 aromatic heterocycles. The summed E-state index contributed by atoms with van der Waals surface area (Å²) in [5.41, 5.74) is 1.85.